The van der Waals surface area contributed by atoms with Crippen LogP contribution in [0.2, 0.25) is 5.02 Å². The highest BCUT2D eigenvalue weighted by Gasteiger charge is 2.23. The Morgan fingerprint density at radius 2 is 1.62 bits per heavy atom. The Bertz CT molecular complexity index is 611. The van der Waals surface area contributed by atoms with Gasteiger partial charge in [-0.15, -0.1) is 0 Å². The highest BCUT2D eigenvalue weighted by Crippen LogP contribution is 2.40. The zero-order valence-electron chi connectivity index (χ0n) is 12.1. The van der Waals surface area contributed by atoms with Crippen molar-refractivity contribution in [2.45, 2.75) is 6.04 Å². The molecule has 2 aromatic carbocycles. The quantitative estimate of drug-likeness (QED) is 0.844. The van der Waals surface area contributed by atoms with E-state index in [4.69, 9.17) is 21.1 Å². The van der Waals surface area contributed by atoms with Crippen molar-refractivity contribution in [1.82, 2.24) is 5.32 Å². The van der Waals surface area contributed by atoms with Gasteiger partial charge in [-0.05, 0) is 46.7 Å². The average molecular weight is 371 g/mol. The fraction of sp³-hybridized carbons (Fsp3) is 0.250. The summed E-state index contributed by atoms with van der Waals surface area (Å²) in [7, 11) is 5.18. The van der Waals surface area contributed by atoms with Gasteiger partial charge in [0.25, 0.3) is 0 Å². The molecule has 1 N–H and O–H groups in total. The van der Waals surface area contributed by atoms with Crippen LogP contribution in [0.15, 0.2) is 40.9 Å². The average Bonchev–Trinajstić information content (AvgIpc) is 2.52. The maximum absolute atomic E-state index is 6.44. The van der Waals surface area contributed by atoms with Crippen LogP contribution in [0.5, 0.6) is 11.5 Å². The Labute approximate surface area is 138 Å². The van der Waals surface area contributed by atoms with Gasteiger partial charge in [-0.2, -0.15) is 0 Å². The molecule has 0 fully saturated rings. The molecule has 1 unspecified atom stereocenters. The van der Waals surface area contributed by atoms with Gasteiger partial charge >= 0.3 is 0 Å². The van der Waals surface area contributed by atoms with Crippen LogP contribution in [-0.4, -0.2) is 21.3 Å². The lowest BCUT2D eigenvalue weighted by Gasteiger charge is -2.23. The molecule has 5 heteroatoms. The van der Waals surface area contributed by atoms with E-state index in [1.54, 1.807) is 14.2 Å². The maximum atomic E-state index is 6.44. The lowest BCUT2D eigenvalue weighted by molar-refractivity contribution is 0.379. The Kier molecular flexibility index (Phi) is 5.51. The Balaban J connectivity index is 2.64. The van der Waals surface area contributed by atoms with Crippen molar-refractivity contribution in [2.75, 3.05) is 21.3 Å². The summed E-state index contributed by atoms with van der Waals surface area (Å²) in [5.41, 5.74) is 1.88. The first-order chi connectivity index (χ1) is 10.1. The Morgan fingerprint density at radius 1 is 1.05 bits per heavy atom. The van der Waals surface area contributed by atoms with Crippen molar-refractivity contribution in [3.8, 4) is 11.5 Å². The molecule has 21 heavy (non-hydrogen) atoms. The normalized spacial score (nSPS) is 12.0. The van der Waals surface area contributed by atoms with Crippen LogP contribution in [0.25, 0.3) is 0 Å². The van der Waals surface area contributed by atoms with Crippen molar-refractivity contribution < 1.29 is 9.47 Å². The van der Waals surface area contributed by atoms with Crippen molar-refractivity contribution in [3.63, 3.8) is 0 Å². The molecule has 2 aromatic rings. The molecule has 0 radical (unpaired) electrons. The van der Waals surface area contributed by atoms with E-state index < -0.39 is 0 Å². The number of halogens is 2. The van der Waals surface area contributed by atoms with Gasteiger partial charge in [0.2, 0.25) is 0 Å². The summed E-state index contributed by atoms with van der Waals surface area (Å²) in [5, 5.41) is 3.96. The number of rotatable bonds is 5. The molecule has 0 aromatic heterocycles. The molecule has 3 nitrogen and oxygen atoms in total. The van der Waals surface area contributed by atoms with E-state index in [0.29, 0.717) is 5.02 Å². The highest BCUT2D eigenvalue weighted by atomic mass is 79.9. The molecule has 2 rings (SSSR count). The number of nitrogens with one attached hydrogen (secondary N) is 1. The molecule has 0 aliphatic rings. The minimum atomic E-state index is -0.138. The summed E-state index contributed by atoms with van der Waals surface area (Å²) in [6.07, 6.45) is 0. The van der Waals surface area contributed by atoms with Gasteiger partial charge in [-0.25, -0.2) is 0 Å². The monoisotopic (exact) mass is 369 g/mol. The van der Waals surface area contributed by atoms with Crippen LogP contribution in [-0.2, 0) is 0 Å². The predicted molar refractivity (Wildman–Crippen MR) is 89.6 cm³/mol. The smallest absolute Gasteiger partial charge is 0.127 e. The topological polar surface area (TPSA) is 30.5 Å². The van der Waals surface area contributed by atoms with E-state index in [1.165, 1.54) is 0 Å². The van der Waals surface area contributed by atoms with Gasteiger partial charge in [0, 0.05) is 4.47 Å². The Morgan fingerprint density at radius 3 is 2.14 bits per heavy atom. The summed E-state index contributed by atoms with van der Waals surface area (Å²) < 4.78 is 11.8. The summed E-state index contributed by atoms with van der Waals surface area (Å²) in [4.78, 5) is 0. The zero-order valence-corrected chi connectivity index (χ0v) is 14.5. The standard InChI is InChI=1S/C16H17BrClNO2/c1-19-16(10-6-4-7-11(17)15(10)18)14-12(20-2)8-5-9-13(14)21-3/h4-9,16,19H,1-3H3. The molecule has 0 aliphatic heterocycles. The molecule has 0 bridgehead atoms. The second-order valence-corrected chi connectivity index (χ2v) is 5.67. The van der Waals surface area contributed by atoms with E-state index in [1.807, 2.05) is 43.4 Å². The summed E-state index contributed by atoms with van der Waals surface area (Å²) in [6.45, 7) is 0. The second kappa shape index (κ2) is 7.16. The minimum absolute atomic E-state index is 0.138. The molecule has 0 saturated heterocycles. The fourth-order valence-electron chi connectivity index (χ4n) is 2.36. The zero-order chi connectivity index (χ0) is 15.4. The van der Waals surface area contributed by atoms with Gasteiger partial charge in [0.1, 0.15) is 11.5 Å². The third-order valence-corrected chi connectivity index (χ3v) is 4.65. The van der Waals surface area contributed by atoms with Gasteiger partial charge < -0.3 is 14.8 Å². The Hall–Kier alpha value is -1.23. The summed E-state index contributed by atoms with van der Waals surface area (Å²) in [5.74, 6) is 1.51. The summed E-state index contributed by atoms with van der Waals surface area (Å²) >= 11 is 9.90. The molecule has 0 spiro atoms. The number of hydrogen-bond donors (Lipinski definition) is 1. The van der Waals surface area contributed by atoms with Gasteiger partial charge in [-0.1, -0.05) is 29.8 Å². The first kappa shape index (κ1) is 16.1. The number of methoxy groups -OCH3 is 2. The van der Waals surface area contributed by atoms with Gasteiger partial charge in [-0.3, -0.25) is 0 Å². The fourth-order valence-corrected chi connectivity index (χ4v) is 2.98. The number of hydrogen-bond acceptors (Lipinski definition) is 3. The first-order valence-electron chi connectivity index (χ1n) is 6.46. The van der Waals surface area contributed by atoms with Crippen LogP contribution in [0, 0.1) is 0 Å². The SMILES string of the molecule is CNC(c1cccc(Br)c1Cl)c1c(OC)cccc1OC. The van der Waals surface area contributed by atoms with Crippen molar-refractivity contribution >= 4 is 27.5 Å². The van der Waals surface area contributed by atoms with Crippen LogP contribution >= 0.6 is 27.5 Å². The van der Waals surface area contributed by atoms with Crippen molar-refractivity contribution in [1.29, 1.82) is 0 Å². The van der Waals surface area contributed by atoms with Gasteiger partial charge in [0.05, 0.1) is 30.8 Å². The second-order valence-electron chi connectivity index (χ2n) is 4.44. The molecule has 112 valence electrons. The van der Waals surface area contributed by atoms with E-state index in [-0.39, 0.29) is 6.04 Å². The van der Waals surface area contributed by atoms with Crippen molar-refractivity contribution in [3.05, 3.63) is 57.0 Å². The molecular formula is C16H17BrClNO2. The van der Waals surface area contributed by atoms with Crippen LogP contribution in [0.4, 0.5) is 0 Å². The van der Waals surface area contributed by atoms with Crippen molar-refractivity contribution in [2.24, 2.45) is 0 Å². The summed E-state index contributed by atoms with van der Waals surface area (Å²) in [6, 6.07) is 11.4. The van der Waals surface area contributed by atoms with E-state index >= 15 is 0 Å². The van der Waals surface area contributed by atoms with E-state index in [9.17, 15) is 0 Å². The van der Waals surface area contributed by atoms with E-state index in [0.717, 1.165) is 27.1 Å². The molecule has 0 aliphatic carbocycles. The first-order valence-corrected chi connectivity index (χ1v) is 7.63. The molecule has 1 atom stereocenters. The predicted octanol–water partition coefficient (Wildman–Crippen LogP) is 4.43. The van der Waals surface area contributed by atoms with Crippen LogP contribution in [0.1, 0.15) is 17.2 Å². The van der Waals surface area contributed by atoms with E-state index in [2.05, 4.69) is 21.2 Å². The van der Waals surface area contributed by atoms with Gasteiger partial charge in [0.15, 0.2) is 0 Å². The molecule has 0 heterocycles. The number of benzene rings is 2. The third kappa shape index (κ3) is 3.18. The molecule has 0 amide bonds. The molecule has 0 saturated carbocycles. The maximum Gasteiger partial charge on any atom is 0.127 e. The lowest BCUT2D eigenvalue weighted by Crippen LogP contribution is -2.19. The minimum Gasteiger partial charge on any atom is -0.496 e. The largest absolute Gasteiger partial charge is 0.496 e. The lowest BCUT2D eigenvalue weighted by atomic mass is 9.97. The highest BCUT2D eigenvalue weighted by molar-refractivity contribution is 9.10. The molecular weight excluding hydrogens is 354 g/mol. The third-order valence-electron chi connectivity index (χ3n) is 3.34. The van der Waals surface area contributed by atoms with Crippen LogP contribution < -0.4 is 14.8 Å². The van der Waals surface area contributed by atoms with Crippen LogP contribution in [0.3, 0.4) is 0 Å². The number of ether oxygens (including phenoxy) is 2.